The van der Waals surface area contributed by atoms with Crippen molar-refractivity contribution in [1.82, 2.24) is 10.3 Å². The largest absolute Gasteiger partial charge is 0.342 e. The van der Waals surface area contributed by atoms with Crippen LogP contribution in [0.3, 0.4) is 0 Å². The molecule has 0 radical (unpaired) electrons. The molecule has 1 amide bonds. The van der Waals surface area contributed by atoms with Crippen LogP contribution >= 0.6 is 23.7 Å². The van der Waals surface area contributed by atoms with Crippen molar-refractivity contribution in [3.8, 4) is 0 Å². The zero-order valence-electron chi connectivity index (χ0n) is 12.0. The summed E-state index contributed by atoms with van der Waals surface area (Å²) in [5, 5.41) is 5.83. The van der Waals surface area contributed by atoms with Gasteiger partial charge >= 0.3 is 0 Å². The summed E-state index contributed by atoms with van der Waals surface area (Å²) in [7, 11) is 0. The van der Waals surface area contributed by atoms with Crippen LogP contribution in [0.2, 0.25) is 0 Å². The van der Waals surface area contributed by atoms with Gasteiger partial charge in [-0.2, -0.15) is 0 Å². The summed E-state index contributed by atoms with van der Waals surface area (Å²) < 4.78 is 0. The molecule has 4 nitrogen and oxygen atoms in total. The van der Waals surface area contributed by atoms with Gasteiger partial charge in [0.25, 0.3) is 0 Å². The molecule has 2 rings (SSSR count). The topological polar surface area (TPSA) is 68.0 Å². The fourth-order valence-corrected chi connectivity index (χ4v) is 2.54. The zero-order valence-corrected chi connectivity index (χ0v) is 13.7. The van der Waals surface area contributed by atoms with Crippen molar-refractivity contribution >= 4 is 29.7 Å². The maximum atomic E-state index is 12.2. The molecule has 1 heterocycles. The molecular weight excluding hydrogens is 306 g/mol. The molecule has 1 aromatic heterocycles. The number of nitrogens with one attached hydrogen (secondary N) is 1. The summed E-state index contributed by atoms with van der Waals surface area (Å²) in [5.74, 6) is -0.287. The lowest BCUT2D eigenvalue weighted by atomic mass is 10.0. The second kappa shape index (κ2) is 8.12. The zero-order chi connectivity index (χ0) is 14.5. The van der Waals surface area contributed by atoms with E-state index in [0.717, 1.165) is 10.6 Å². The monoisotopic (exact) mass is 325 g/mol. The Labute approximate surface area is 135 Å². The minimum Gasteiger partial charge on any atom is -0.342 e. The highest BCUT2D eigenvalue weighted by Gasteiger charge is 2.23. The van der Waals surface area contributed by atoms with E-state index in [0.29, 0.717) is 0 Å². The van der Waals surface area contributed by atoms with Crippen molar-refractivity contribution in [3.05, 3.63) is 52.5 Å². The second-order valence-corrected chi connectivity index (χ2v) is 5.80. The predicted octanol–water partition coefficient (Wildman–Crippen LogP) is 2.75. The van der Waals surface area contributed by atoms with Gasteiger partial charge in [-0.1, -0.05) is 37.3 Å². The Morgan fingerprint density at radius 3 is 2.48 bits per heavy atom. The number of hydrogen-bond acceptors (Lipinski definition) is 4. The summed E-state index contributed by atoms with van der Waals surface area (Å²) in [6.07, 6.45) is 1.75. The van der Waals surface area contributed by atoms with Crippen LogP contribution in [0.15, 0.2) is 41.9 Å². The molecule has 3 N–H and O–H groups in total. The first kappa shape index (κ1) is 17.6. The lowest BCUT2D eigenvalue weighted by Gasteiger charge is -2.21. The number of carbonyl (C=O) groups excluding carboxylic acids is 1. The SMILES string of the molecule is CC(N)C(C)C(=O)NC(c1ccccc1)c1nccs1.Cl. The molecular formula is C15H20ClN3OS. The van der Waals surface area contributed by atoms with Gasteiger partial charge in [-0.3, -0.25) is 4.79 Å². The van der Waals surface area contributed by atoms with Crippen molar-refractivity contribution in [2.24, 2.45) is 11.7 Å². The minimum atomic E-state index is -0.235. The van der Waals surface area contributed by atoms with Gasteiger partial charge in [-0.25, -0.2) is 4.98 Å². The van der Waals surface area contributed by atoms with E-state index in [1.165, 1.54) is 11.3 Å². The van der Waals surface area contributed by atoms with E-state index < -0.39 is 0 Å². The Bertz CT molecular complexity index is 545. The van der Waals surface area contributed by atoms with Crippen molar-refractivity contribution in [2.75, 3.05) is 0 Å². The molecule has 2 aromatic rings. The molecule has 0 aliphatic rings. The molecule has 3 unspecified atom stereocenters. The normalized spacial score (nSPS) is 14.6. The highest BCUT2D eigenvalue weighted by molar-refractivity contribution is 7.09. The van der Waals surface area contributed by atoms with Gasteiger partial charge in [0.05, 0.1) is 0 Å². The number of halogens is 1. The summed E-state index contributed by atoms with van der Waals surface area (Å²) in [6.45, 7) is 3.68. The van der Waals surface area contributed by atoms with E-state index in [-0.39, 0.29) is 36.3 Å². The predicted molar refractivity (Wildman–Crippen MR) is 88.6 cm³/mol. The number of nitrogens with zero attached hydrogens (tertiary/aromatic N) is 1. The molecule has 6 heteroatoms. The number of thiazole rings is 1. The average molecular weight is 326 g/mol. The molecule has 0 aliphatic heterocycles. The Morgan fingerprint density at radius 2 is 1.95 bits per heavy atom. The maximum absolute atomic E-state index is 12.2. The molecule has 0 aliphatic carbocycles. The van der Waals surface area contributed by atoms with Crippen LogP contribution in [0.1, 0.15) is 30.5 Å². The van der Waals surface area contributed by atoms with Crippen molar-refractivity contribution < 1.29 is 4.79 Å². The molecule has 0 spiro atoms. The number of rotatable bonds is 5. The Morgan fingerprint density at radius 1 is 1.29 bits per heavy atom. The fourth-order valence-electron chi connectivity index (χ4n) is 1.82. The van der Waals surface area contributed by atoms with Crippen LogP contribution in [0.4, 0.5) is 0 Å². The first-order valence-corrected chi connectivity index (χ1v) is 7.48. The highest BCUT2D eigenvalue weighted by Crippen LogP contribution is 2.24. The lowest BCUT2D eigenvalue weighted by Crippen LogP contribution is -2.40. The van der Waals surface area contributed by atoms with E-state index >= 15 is 0 Å². The van der Waals surface area contributed by atoms with Crippen LogP contribution in [-0.2, 0) is 4.79 Å². The van der Waals surface area contributed by atoms with E-state index in [1.807, 2.05) is 49.6 Å². The van der Waals surface area contributed by atoms with Gasteiger partial charge in [-0.15, -0.1) is 23.7 Å². The Hall–Kier alpha value is -1.43. The van der Waals surface area contributed by atoms with Crippen LogP contribution in [0.5, 0.6) is 0 Å². The third-order valence-electron chi connectivity index (χ3n) is 3.32. The van der Waals surface area contributed by atoms with Crippen molar-refractivity contribution in [2.45, 2.75) is 25.9 Å². The summed E-state index contributed by atoms with van der Waals surface area (Å²) in [6, 6.07) is 9.45. The van der Waals surface area contributed by atoms with Gasteiger partial charge < -0.3 is 11.1 Å². The lowest BCUT2D eigenvalue weighted by molar-refractivity contribution is -0.125. The molecule has 0 saturated heterocycles. The number of aromatic nitrogens is 1. The number of carbonyl (C=O) groups is 1. The van der Waals surface area contributed by atoms with Gasteiger partial charge in [-0.05, 0) is 12.5 Å². The molecule has 0 fully saturated rings. The molecule has 0 saturated carbocycles. The number of hydrogen-bond donors (Lipinski definition) is 2. The fraction of sp³-hybridized carbons (Fsp3) is 0.333. The first-order chi connectivity index (χ1) is 9.59. The van der Waals surface area contributed by atoms with E-state index in [1.54, 1.807) is 6.20 Å². The number of amides is 1. The molecule has 21 heavy (non-hydrogen) atoms. The first-order valence-electron chi connectivity index (χ1n) is 6.60. The molecule has 3 atom stereocenters. The van der Waals surface area contributed by atoms with Gasteiger partial charge in [0.15, 0.2) is 0 Å². The Kier molecular flexibility index (Phi) is 6.81. The smallest absolute Gasteiger partial charge is 0.225 e. The average Bonchev–Trinajstić information content (AvgIpc) is 2.98. The summed E-state index contributed by atoms with van der Waals surface area (Å²) in [5.41, 5.74) is 6.82. The van der Waals surface area contributed by atoms with Crippen molar-refractivity contribution in [1.29, 1.82) is 0 Å². The second-order valence-electron chi connectivity index (χ2n) is 4.87. The third-order valence-corrected chi connectivity index (χ3v) is 4.16. The summed E-state index contributed by atoms with van der Waals surface area (Å²) >= 11 is 1.53. The van der Waals surface area contributed by atoms with Gasteiger partial charge in [0.2, 0.25) is 5.91 Å². The van der Waals surface area contributed by atoms with E-state index in [2.05, 4.69) is 10.3 Å². The maximum Gasteiger partial charge on any atom is 0.225 e. The van der Waals surface area contributed by atoms with Crippen molar-refractivity contribution in [3.63, 3.8) is 0 Å². The Balaban J connectivity index is 0.00000220. The number of nitrogens with two attached hydrogens (primary N) is 1. The van der Waals surface area contributed by atoms with Crippen LogP contribution in [-0.4, -0.2) is 16.9 Å². The van der Waals surface area contributed by atoms with Gasteiger partial charge in [0.1, 0.15) is 11.0 Å². The van der Waals surface area contributed by atoms with Crippen LogP contribution in [0.25, 0.3) is 0 Å². The van der Waals surface area contributed by atoms with Gasteiger partial charge in [0, 0.05) is 23.5 Å². The van der Waals surface area contributed by atoms with E-state index in [4.69, 9.17) is 5.73 Å². The third kappa shape index (κ3) is 4.52. The summed E-state index contributed by atoms with van der Waals surface area (Å²) in [4.78, 5) is 16.6. The highest BCUT2D eigenvalue weighted by atomic mass is 35.5. The van der Waals surface area contributed by atoms with Crippen LogP contribution in [0, 0.1) is 5.92 Å². The van der Waals surface area contributed by atoms with E-state index in [9.17, 15) is 4.79 Å². The minimum absolute atomic E-state index is 0. The standard InChI is InChI=1S/C15H19N3OS.ClH/c1-10(11(2)16)14(19)18-13(15-17-8-9-20-15)12-6-4-3-5-7-12;/h3-11,13H,16H2,1-2H3,(H,18,19);1H. The molecule has 0 bridgehead atoms. The molecule has 1 aromatic carbocycles. The molecule has 114 valence electrons. The number of benzene rings is 1. The van der Waals surface area contributed by atoms with Crippen LogP contribution < -0.4 is 11.1 Å². The quantitative estimate of drug-likeness (QED) is 0.888.